The second-order valence-corrected chi connectivity index (χ2v) is 4.82. The molecular weight excluding hydrogens is 203 g/mol. The van der Waals surface area contributed by atoms with E-state index in [9.17, 15) is 4.39 Å². The predicted molar refractivity (Wildman–Crippen MR) is 65.3 cm³/mol. The molecule has 3 heteroatoms. The van der Waals surface area contributed by atoms with Crippen LogP contribution in [0.5, 0.6) is 0 Å². The summed E-state index contributed by atoms with van der Waals surface area (Å²) < 4.78 is 13.1. The predicted octanol–water partition coefficient (Wildman–Crippen LogP) is 2.64. The van der Waals surface area contributed by atoms with Gasteiger partial charge in [-0.25, -0.2) is 4.39 Å². The fourth-order valence-electron chi connectivity index (χ4n) is 2.27. The zero-order chi connectivity index (χ0) is 11.7. The molecule has 1 aromatic carbocycles. The van der Waals surface area contributed by atoms with Crippen molar-refractivity contribution in [3.8, 4) is 0 Å². The largest absolute Gasteiger partial charge is 0.381 e. The lowest BCUT2D eigenvalue weighted by Crippen LogP contribution is -2.25. The van der Waals surface area contributed by atoms with E-state index >= 15 is 0 Å². The van der Waals surface area contributed by atoms with Gasteiger partial charge in [0.15, 0.2) is 0 Å². The van der Waals surface area contributed by atoms with Crippen LogP contribution in [0, 0.1) is 12.7 Å². The van der Waals surface area contributed by atoms with Crippen molar-refractivity contribution in [2.24, 2.45) is 0 Å². The molecule has 1 heterocycles. The second-order valence-electron chi connectivity index (χ2n) is 4.82. The Kier molecular flexibility index (Phi) is 3.15. The third-order valence-corrected chi connectivity index (χ3v) is 3.45. The molecule has 1 fully saturated rings. The molecule has 88 valence electrons. The second kappa shape index (κ2) is 4.42. The summed E-state index contributed by atoms with van der Waals surface area (Å²) >= 11 is 0. The van der Waals surface area contributed by atoms with Gasteiger partial charge in [-0.1, -0.05) is 6.07 Å². The lowest BCUT2D eigenvalue weighted by atomic mass is 10.1. The van der Waals surface area contributed by atoms with Crippen molar-refractivity contribution in [1.82, 2.24) is 4.90 Å². The van der Waals surface area contributed by atoms with E-state index in [1.165, 1.54) is 6.07 Å². The van der Waals surface area contributed by atoms with Crippen LogP contribution in [0.1, 0.15) is 18.9 Å². The van der Waals surface area contributed by atoms with Crippen LogP contribution < -0.4 is 5.32 Å². The van der Waals surface area contributed by atoms with Gasteiger partial charge in [0.2, 0.25) is 0 Å². The van der Waals surface area contributed by atoms with Crippen molar-refractivity contribution in [3.05, 3.63) is 29.6 Å². The first-order valence-electron chi connectivity index (χ1n) is 5.79. The fraction of sp³-hybridized carbons (Fsp3) is 0.538. The van der Waals surface area contributed by atoms with E-state index in [2.05, 4.69) is 24.2 Å². The van der Waals surface area contributed by atoms with Gasteiger partial charge in [-0.15, -0.1) is 0 Å². The van der Waals surface area contributed by atoms with E-state index in [4.69, 9.17) is 0 Å². The molecule has 0 amide bonds. The first-order valence-corrected chi connectivity index (χ1v) is 5.79. The number of benzene rings is 1. The molecule has 0 spiro atoms. The fourth-order valence-corrected chi connectivity index (χ4v) is 2.27. The molecule has 2 atom stereocenters. The Morgan fingerprint density at radius 1 is 1.44 bits per heavy atom. The van der Waals surface area contributed by atoms with Crippen LogP contribution in [0.3, 0.4) is 0 Å². The highest BCUT2D eigenvalue weighted by Gasteiger charge is 2.26. The van der Waals surface area contributed by atoms with Gasteiger partial charge in [-0.3, -0.25) is 0 Å². The van der Waals surface area contributed by atoms with Gasteiger partial charge < -0.3 is 10.2 Å². The summed E-state index contributed by atoms with van der Waals surface area (Å²) in [5.74, 6) is -0.174. The zero-order valence-electron chi connectivity index (χ0n) is 10.1. The van der Waals surface area contributed by atoms with Crippen LogP contribution >= 0.6 is 0 Å². The summed E-state index contributed by atoms with van der Waals surface area (Å²) in [5.41, 5.74) is 2.02. The minimum absolute atomic E-state index is 0.174. The number of likely N-dealkylation sites (tertiary alicyclic amines) is 1. The van der Waals surface area contributed by atoms with E-state index in [0.717, 1.165) is 24.2 Å². The Hall–Kier alpha value is -1.09. The van der Waals surface area contributed by atoms with Gasteiger partial charge in [0.25, 0.3) is 0 Å². The summed E-state index contributed by atoms with van der Waals surface area (Å²) in [5, 5.41) is 3.43. The average molecular weight is 222 g/mol. The molecule has 0 radical (unpaired) electrons. The summed E-state index contributed by atoms with van der Waals surface area (Å²) in [6.07, 6.45) is 1.12. The highest BCUT2D eigenvalue weighted by molar-refractivity contribution is 5.51. The lowest BCUT2D eigenvalue weighted by Gasteiger charge is -2.16. The van der Waals surface area contributed by atoms with Crippen LogP contribution in [0.15, 0.2) is 18.2 Å². The molecule has 16 heavy (non-hydrogen) atoms. The van der Waals surface area contributed by atoms with Crippen LogP contribution in [-0.2, 0) is 0 Å². The number of hydrogen-bond acceptors (Lipinski definition) is 2. The molecule has 2 nitrogen and oxygen atoms in total. The minimum atomic E-state index is -0.174. The molecular formula is C13H19FN2. The molecule has 1 aliphatic rings. The first-order chi connectivity index (χ1) is 7.56. The van der Waals surface area contributed by atoms with Crippen molar-refractivity contribution in [2.45, 2.75) is 32.4 Å². The van der Waals surface area contributed by atoms with E-state index in [-0.39, 0.29) is 5.82 Å². The molecule has 1 aliphatic heterocycles. The number of nitrogens with zero attached hydrogens (tertiary/aromatic N) is 1. The standard InChI is InChI=1S/C13H19FN2/c1-9-4-5-11(14)7-13(9)15-12-6-10(2)16(3)8-12/h4-5,7,10,12,15H,6,8H2,1-3H3. The Morgan fingerprint density at radius 2 is 2.19 bits per heavy atom. The number of likely N-dealkylation sites (N-methyl/N-ethyl adjacent to an activating group) is 1. The maximum Gasteiger partial charge on any atom is 0.125 e. The summed E-state index contributed by atoms with van der Waals surface area (Å²) in [6.45, 7) is 5.25. The van der Waals surface area contributed by atoms with E-state index < -0.39 is 0 Å². The van der Waals surface area contributed by atoms with Crippen molar-refractivity contribution >= 4 is 5.69 Å². The van der Waals surface area contributed by atoms with Gasteiger partial charge in [0.05, 0.1) is 0 Å². The maximum absolute atomic E-state index is 13.1. The third-order valence-electron chi connectivity index (χ3n) is 3.45. The van der Waals surface area contributed by atoms with Gasteiger partial charge in [0.1, 0.15) is 5.82 Å². The summed E-state index contributed by atoms with van der Waals surface area (Å²) in [4.78, 5) is 2.33. The molecule has 0 bridgehead atoms. The normalized spacial score (nSPS) is 26.0. The van der Waals surface area contributed by atoms with Gasteiger partial charge in [-0.05, 0) is 45.0 Å². The van der Waals surface area contributed by atoms with Crippen LogP contribution in [-0.4, -0.2) is 30.6 Å². The minimum Gasteiger partial charge on any atom is -0.381 e. The highest BCUT2D eigenvalue weighted by Crippen LogP contribution is 2.22. The Morgan fingerprint density at radius 3 is 2.81 bits per heavy atom. The maximum atomic E-state index is 13.1. The smallest absolute Gasteiger partial charge is 0.125 e. The summed E-state index contributed by atoms with van der Waals surface area (Å²) in [7, 11) is 2.13. The van der Waals surface area contributed by atoms with Crippen molar-refractivity contribution in [3.63, 3.8) is 0 Å². The van der Waals surface area contributed by atoms with Crippen LogP contribution in [0.2, 0.25) is 0 Å². The quantitative estimate of drug-likeness (QED) is 0.827. The number of nitrogens with one attached hydrogen (secondary N) is 1. The van der Waals surface area contributed by atoms with Gasteiger partial charge in [0, 0.05) is 24.3 Å². The van der Waals surface area contributed by atoms with E-state index in [1.54, 1.807) is 6.07 Å². The number of anilines is 1. The average Bonchev–Trinajstić information content (AvgIpc) is 2.52. The topological polar surface area (TPSA) is 15.3 Å². The van der Waals surface area contributed by atoms with Crippen LogP contribution in [0.25, 0.3) is 0 Å². The highest BCUT2D eigenvalue weighted by atomic mass is 19.1. The number of rotatable bonds is 2. The molecule has 1 N–H and O–H groups in total. The number of halogens is 1. The first kappa shape index (κ1) is 11.4. The monoisotopic (exact) mass is 222 g/mol. The van der Waals surface area contributed by atoms with Crippen molar-refractivity contribution in [1.29, 1.82) is 0 Å². The molecule has 1 aromatic rings. The Labute approximate surface area is 96.5 Å². The SMILES string of the molecule is Cc1ccc(F)cc1NC1CC(C)N(C)C1. The van der Waals surface area contributed by atoms with Gasteiger partial charge in [-0.2, -0.15) is 0 Å². The zero-order valence-corrected chi connectivity index (χ0v) is 10.1. The van der Waals surface area contributed by atoms with Gasteiger partial charge >= 0.3 is 0 Å². The lowest BCUT2D eigenvalue weighted by molar-refractivity contribution is 0.330. The molecule has 2 rings (SSSR count). The Balaban J connectivity index is 2.07. The van der Waals surface area contributed by atoms with Crippen molar-refractivity contribution < 1.29 is 4.39 Å². The third kappa shape index (κ3) is 2.35. The number of aryl methyl sites for hydroxylation is 1. The molecule has 0 aliphatic carbocycles. The Bertz CT molecular complexity index is 368. The molecule has 2 unspecified atom stereocenters. The van der Waals surface area contributed by atoms with Crippen molar-refractivity contribution in [2.75, 3.05) is 18.9 Å². The van der Waals surface area contributed by atoms with Crippen LogP contribution in [0.4, 0.5) is 10.1 Å². The molecule has 0 saturated carbocycles. The number of hydrogen-bond donors (Lipinski definition) is 1. The summed E-state index contributed by atoms with van der Waals surface area (Å²) in [6, 6.07) is 5.94. The van der Waals surface area contributed by atoms with E-state index in [0.29, 0.717) is 12.1 Å². The molecule has 1 saturated heterocycles. The van der Waals surface area contributed by atoms with E-state index in [1.807, 2.05) is 13.0 Å². The molecule has 0 aromatic heterocycles.